The van der Waals surface area contributed by atoms with E-state index in [1.807, 2.05) is 6.92 Å². The molecule has 0 amide bonds. The first-order valence-corrected chi connectivity index (χ1v) is 8.77. The summed E-state index contributed by atoms with van der Waals surface area (Å²) < 4.78 is 28.1. The summed E-state index contributed by atoms with van der Waals surface area (Å²) in [6, 6.07) is 4.18. The van der Waals surface area contributed by atoms with Gasteiger partial charge >= 0.3 is 0 Å². The molecule has 3 N–H and O–H groups in total. The summed E-state index contributed by atoms with van der Waals surface area (Å²) in [5.74, 6) is 0.820. The number of ether oxygens (including phenoxy) is 1. The van der Waals surface area contributed by atoms with E-state index < -0.39 is 15.6 Å². The zero-order valence-corrected chi connectivity index (χ0v) is 13.5. The Hall–Kier alpha value is -0.820. The van der Waals surface area contributed by atoms with Crippen molar-refractivity contribution in [3.05, 3.63) is 23.2 Å². The van der Waals surface area contributed by atoms with Gasteiger partial charge in [0.15, 0.2) is 0 Å². The lowest BCUT2D eigenvalue weighted by atomic mass is 9.80. The number of nitrogens with two attached hydrogens (primary N) is 1. The molecule has 1 aromatic rings. The number of rotatable bonds is 4. The van der Waals surface area contributed by atoms with E-state index >= 15 is 0 Å². The zero-order valence-electron chi connectivity index (χ0n) is 11.9. The number of sulfonamides is 1. The highest BCUT2D eigenvalue weighted by molar-refractivity contribution is 7.89. The molecule has 0 aliphatic heterocycles. The fourth-order valence-electron chi connectivity index (χ4n) is 2.45. The van der Waals surface area contributed by atoms with Crippen molar-refractivity contribution in [3.63, 3.8) is 0 Å². The van der Waals surface area contributed by atoms with Gasteiger partial charge in [0.1, 0.15) is 5.75 Å². The molecule has 0 bridgehead atoms. The molecule has 1 saturated carbocycles. The molecule has 1 aliphatic rings. The summed E-state index contributed by atoms with van der Waals surface area (Å²) >= 11 is 6.01. The highest BCUT2D eigenvalue weighted by Crippen LogP contribution is 2.33. The molecular weight excluding hydrogens is 314 g/mol. The largest absolute Gasteiger partial charge is 0.492 e. The number of hydrogen-bond acceptors (Lipinski definition) is 4. The number of halogens is 1. The summed E-state index contributed by atoms with van der Waals surface area (Å²) in [7, 11) is -3.76. The number of benzene rings is 1. The fraction of sp³-hybridized carbons (Fsp3) is 0.571. The Morgan fingerprint density at radius 2 is 2.05 bits per heavy atom. The van der Waals surface area contributed by atoms with Gasteiger partial charge in [-0.05, 0) is 56.7 Å². The number of primary sulfonamides is 1. The second-order valence-corrected chi connectivity index (χ2v) is 7.86. The van der Waals surface area contributed by atoms with Crippen molar-refractivity contribution in [2.75, 3.05) is 6.61 Å². The van der Waals surface area contributed by atoms with Crippen molar-refractivity contribution in [2.24, 2.45) is 11.1 Å². The predicted molar refractivity (Wildman–Crippen MR) is 80.9 cm³/mol. The van der Waals surface area contributed by atoms with Gasteiger partial charge in [-0.1, -0.05) is 11.6 Å². The van der Waals surface area contributed by atoms with Crippen molar-refractivity contribution < 1.29 is 18.3 Å². The van der Waals surface area contributed by atoms with Crippen LogP contribution in [0.3, 0.4) is 0 Å². The molecule has 1 aromatic carbocycles. The van der Waals surface area contributed by atoms with Crippen LogP contribution >= 0.6 is 11.6 Å². The van der Waals surface area contributed by atoms with E-state index in [9.17, 15) is 13.5 Å². The van der Waals surface area contributed by atoms with E-state index in [1.165, 1.54) is 18.2 Å². The lowest BCUT2D eigenvalue weighted by Crippen LogP contribution is -2.32. The van der Waals surface area contributed by atoms with E-state index in [1.54, 1.807) is 0 Å². The normalized spacial score (nSPS) is 26.6. The van der Waals surface area contributed by atoms with Gasteiger partial charge in [-0.3, -0.25) is 0 Å². The fourth-order valence-corrected chi connectivity index (χ4v) is 3.29. The summed E-state index contributed by atoms with van der Waals surface area (Å²) in [6.45, 7) is 2.36. The Morgan fingerprint density at radius 1 is 1.43 bits per heavy atom. The SMILES string of the molecule is CC1(O)CCC(COc2ccc(S(N)(=O)=O)cc2Cl)CC1. The maximum Gasteiger partial charge on any atom is 0.238 e. The Morgan fingerprint density at radius 3 is 2.57 bits per heavy atom. The minimum absolute atomic E-state index is 0.0337. The van der Waals surface area contributed by atoms with Gasteiger partial charge in [0.05, 0.1) is 22.1 Å². The van der Waals surface area contributed by atoms with Crippen molar-refractivity contribution in [3.8, 4) is 5.75 Å². The first-order valence-electron chi connectivity index (χ1n) is 6.85. The maximum atomic E-state index is 11.2. The van der Waals surface area contributed by atoms with Crippen LogP contribution in [0.1, 0.15) is 32.6 Å². The minimum atomic E-state index is -3.76. The summed E-state index contributed by atoms with van der Waals surface area (Å²) in [6.07, 6.45) is 3.33. The van der Waals surface area contributed by atoms with Gasteiger partial charge in [-0.25, -0.2) is 13.6 Å². The third kappa shape index (κ3) is 4.57. The van der Waals surface area contributed by atoms with E-state index in [0.29, 0.717) is 18.3 Å². The van der Waals surface area contributed by atoms with Gasteiger partial charge in [0, 0.05) is 0 Å². The Bertz CT molecular complexity index is 605. The molecule has 0 aromatic heterocycles. The topological polar surface area (TPSA) is 89.6 Å². The van der Waals surface area contributed by atoms with Crippen molar-refractivity contribution in [1.82, 2.24) is 0 Å². The molecule has 0 heterocycles. The van der Waals surface area contributed by atoms with Gasteiger partial charge in [-0.2, -0.15) is 0 Å². The molecule has 0 radical (unpaired) electrons. The second kappa shape index (κ2) is 6.12. The smallest absolute Gasteiger partial charge is 0.238 e. The van der Waals surface area contributed by atoms with Crippen LogP contribution in [-0.4, -0.2) is 25.7 Å². The monoisotopic (exact) mass is 333 g/mol. The van der Waals surface area contributed by atoms with Gasteiger partial charge in [-0.15, -0.1) is 0 Å². The third-order valence-corrected chi connectivity index (χ3v) is 5.10. The van der Waals surface area contributed by atoms with Crippen molar-refractivity contribution in [2.45, 2.75) is 43.1 Å². The second-order valence-electron chi connectivity index (χ2n) is 5.89. The quantitative estimate of drug-likeness (QED) is 0.884. The van der Waals surface area contributed by atoms with Crippen LogP contribution in [0, 0.1) is 5.92 Å². The van der Waals surface area contributed by atoms with E-state index in [4.69, 9.17) is 21.5 Å². The van der Waals surface area contributed by atoms with Crippen LogP contribution in [0.15, 0.2) is 23.1 Å². The van der Waals surface area contributed by atoms with Crippen LogP contribution in [-0.2, 0) is 10.0 Å². The van der Waals surface area contributed by atoms with Crippen molar-refractivity contribution in [1.29, 1.82) is 0 Å². The van der Waals surface area contributed by atoms with Gasteiger partial charge < -0.3 is 9.84 Å². The minimum Gasteiger partial charge on any atom is -0.492 e. The summed E-state index contributed by atoms with van der Waals surface area (Å²) in [5, 5.41) is 15.2. The predicted octanol–water partition coefficient (Wildman–Crippen LogP) is 2.31. The Kier molecular flexibility index (Phi) is 4.82. The molecule has 0 atom stereocenters. The first-order chi connectivity index (χ1) is 9.67. The standard InChI is InChI=1S/C14H20ClNO4S/c1-14(17)6-4-10(5-7-14)9-20-13-3-2-11(8-12(13)15)21(16,18)19/h2-3,8,10,17H,4-7,9H2,1H3,(H2,16,18,19). The maximum absolute atomic E-state index is 11.2. The number of aliphatic hydroxyl groups is 1. The third-order valence-electron chi connectivity index (χ3n) is 3.89. The van der Waals surface area contributed by atoms with E-state index in [0.717, 1.165) is 25.7 Å². The average molecular weight is 334 g/mol. The highest BCUT2D eigenvalue weighted by atomic mass is 35.5. The van der Waals surface area contributed by atoms with Crippen LogP contribution in [0.4, 0.5) is 0 Å². The molecule has 7 heteroatoms. The molecule has 1 aliphatic carbocycles. The lowest BCUT2D eigenvalue weighted by Gasteiger charge is -2.32. The first kappa shape index (κ1) is 16.5. The molecular formula is C14H20ClNO4S. The molecule has 5 nitrogen and oxygen atoms in total. The molecule has 2 rings (SSSR count). The van der Waals surface area contributed by atoms with Gasteiger partial charge in [0.25, 0.3) is 0 Å². The van der Waals surface area contributed by atoms with Crippen LogP contribution in [0.2, 0.25) is 5.02 Å². The molecule has 21 heavy (non-hydrogen) atoms. The number of hydrogen-bond donors (Lipinski definition) is 2. The van der Waals surface area contributed by atoms with E-state index in [2.05, 4.69) is 0 Å². The summed E-state index contributed by atoms with van der Waals surface area (Å²) in [5.41, 5.74) is -0.564. The molecule has 118 valence electrons. The van der Waals surface area contributed by atoms with Crippen LogP contribution in [0.5, 0.6) is 5.75 Å². The highest BCUT2D eigenvalue weighted by Gasteiger charge is 2.29. The van der Waals surface area contributed by atoms with Crippen LogP contribution < -0.4 is 9.88 Å². The van der Waals surface area contributed by atoms with Crippen LogP contribution in [0.25, 0.3) is 0 Å². The summed E-state index contributed by atoms with van der Waals surface area (Å²) in [4.78, 5) is -0.0337. The van der Waals surface area contributed by atoms with E-state index in [-0.39, 0.29) is 9.92 Å². The lowest BCUT2D eigenvalue weighted by molar-refractivity contribution is 0.00153. The Labute approximate surface area is 130 Å². The zero-order chi connectivity index (χ0) is 15.7. The molecule has 0 unspecified atom stereocenters. The average Bonchev–Trinajstić information content (AvgIpc) is 2.37. The molecule has 0 saturated heterocycles. The van der Waals surface area contributed by atoms with Gasteiger partial charge in [0.2, 0.25) is 10.0 Å². The molecule has 1 fully saturated rings. The Balaban J connectivity index is 1.95. The molecule has 0 spiro atoms. The van der Waals surface area contributed by atoms with Crippen molar-refractivity contribution >= 4 is 21.6 Å².